The number of allylic oxidation sites excluding steroid dienone is 1. The number of rotatable bonds is 7. The van der Waals surface area contributed by atoms with Crippen molar-refractivity contribution in [3.63, 3.8) is 0 Å². The number of hydrogen-bond acceptors (Lipinski definition) is 1. The average molecular weight is 542 g/mol. The van der Waals surface area contributed by atoms with E-state index in [2.05, 4.69) is 126 Å². The topological polar surface area (TPSA) is 9.23 Å². The molecule has 0 bridgehead atoms. The van der Waals surface area contributed by atoms with Gasteiger partial charge in [0.1, 0.15) is 0 Å². The van der Waals surface area contributed by atoms with E-state index < -0.39 is 8.32 Å². The van der Waals surface area contributed by atoms with E-state index in [4.69, 9.17) is 4.43 Å². The summed E-state index contributed by atoms with van der Waals surface area (Å²) < 4.78 is 7.75. The lowest BCUT2D eigenvalue weighted by Crippen LogP contribution is -2.41. The third kappa shape index (κ3) is 6.33. The van der Waals surface area contributed by atoms with E-state index in [-0.39, 0.29) is 15.9 Å². The largest absolute Gasteiger partial charge is 0.413 e. The maximum atomic E-state index is 6.63. The molecule has 2 aromatic rings. The second-order valence-electron chi connectivity index (χ2n) is 13.0. The Kier molecular flexibility index (Phi) is 8.12. The summed E-state index contributed by atoms with van der Waals surface area (Å²) in [5, 5.41) is 0.207. The molecule has 1 aliphatic rings. The van der Waals surface area contributed by atoms with Crippen molar-refractivity contribution < 1.29 is 4.43 Å². The Morgan fingerprint density at radius 2 is 1.62 bits per heavy atom. The molecular formula is C31H45BrOSi. The van der Waals surface area contributed by atoms with E-state index in [0.29, 0.717) is 6.61 Å². The van der Waals surface area contributed by atoms with Crippen LogP contribution in [0.5, 0.6) is 0 Å². The molecule has 2 aromatic carbocycles. The zero-order valence-electron chi connectivity index (χ0n) is 22.9. The molecule has 34 heavy (non-hydrogen) atoms. The first-order chi connectivity index (χ1) is 15.6. The highest BCUT2D eigenvalue weighted by atomic mass is 79.9. The van der Waals surface area contributed by atoms with Crippen molar-refractivity contribution >= 4 is 29.8 Å². The Morgan fingerprint density at radius 1 is 0.971 bits per heavy atom. The lowest BCUT2D eigenvalue weighted by Gasteiger charge is -2.42. The van der Waals surface area contributed by atoms with Crippen LogP contribution in [0.2, 0.25) is 18.1 Å². The summed E-state index contributed by atoms with van der Waals surface area (Å²) in [6.45, 7) is 21.9. The van der Waals surface area contributed by atoms with E-state index in [9.17, 15) is 0 Å². The predicted octanol–water partition coefficient (Wildman–Crippen LogP) is 9.84. The fourth-order valence-electron chi connectivity index (χ4n) is 4.63. The van der Waals surface area contributed by atoms with Crippen LogP contribution in [0.25, 0.3) is 5.57 Å². The molecule has 3 heteroatoms. The first kappa shape index (κ1) is 27.4. The van der Waals surface area contributed by atoms with E-state index in [0.717, 1.165) is 17.3 Å². The number of benzene rings is 2. The molecule has 0 atom stereocenters. The van der Waals surface area contributed by atoms with Crippen LogP contribution >= 0.6 is 15.9 Å². The van der Waals surface area contributed by atoms with Gasteiger partial charge in [-0.05, 0) is 94.6 Å². The molecule has 0 N–H and O–H groups in total. The van der Waals surface area contributed by atoms with Crippen molar-refractivity contribution in [3.05, 3.63) is 75.3 Å². The van der Waals surface area contributed by atoms with E-state index in [1.54, 1.807) is 11.1 Å². The fourth-order valence-corrected chi connectivity index (χ4v) is 5.98. The van der Waals surface area contributed by atoms with Crippen LogP contribution in [0.1, 0.15) is 90.0 Å². The molecule has 0 amide bonds. The molecular weight excluding hydrogens is 496 g/mol. The third-order valence-corrected chi connectivity index (χ3v) is 13.3. The van der Waals surface area contributed by atoms with Crippen LogP contribution in [-0.2, 0) is 21.7 Å². The number of fused-ring (bicyclic) bond motifs is 1. The summed E-state index contributed by atoms with van der Waals surface area (Å²) in [4.78, 5) is 0. The average Bonchev–Trinajstić information content (AvgIpc) is 2.73. The van der Waals surface area contributed by atoms with Gasteiger partial charge in [0.25, 0.3) is 0 Å². The lowest BCUT2D eigenvalue weighted by atomic mass is 9.63. The van der Waals surface area contributed by atoms with Gasteiger partial charge in [-0.2, -0.15) is 0 Å². The van der Waals surface area contributed by atoms with Crippen molar-refractivity contribution in [2.45, 2.75) is 103 Å². The quantitative estimate of drug-likeness (QED) is 0.317. The molecule has 0 aliphatic heterocycles. The Hall–Kier alpha value is -1.16. The first-order valence-corrected chi connectivity index (χ1v) is 16.6. The molecule has 0 unspecified atom stereocenters. The molecule has 0 spiro atoms. The van der Waals surface area contributed by atoms with Crippen LogP contribution in [0.4, 0.5) is 0 Å². The van der Waals surface area contributed by atoms with Gasteiger partial charge in [-0.15, -0.1) is 0 Å². The summed E-state index contributed by atoms with van der Waals surface area (Å²) >= 11 is 3.65. The van der Waals surface area contributed by atoms with Gasteiger partial charge in [-0.1, -0.05) is 101 Å². The molecule has 1 nitrogen and oxygen atoms in total. The molecule has 0 saturated carbocycles. The minimum Gasteiger partial charge on any atom is -0.413 e. The highest BCUT2D eigenvalue weighted by Gasteiger charge is 2.38. The Labute approximate surface area is 218 Å². The predicted molar refractivity (Wildman–Crippen MR) is 155 cm³/mol. The maximum Gasteiger partial charge on any atom is 0.192 e. The lowest BCUT2D eigenvalue weighted by molar-refractivity contribution is 0.331. The van der Waals surface area contributed by atoms with E-state index in [1.807, 2.05) is 0 Å². The summed E-state index contributed by atoms with van der Waals surface area (Å²) in [5.41, 5.74) is 7.62. The van der Waals surface area contributed by atoms with Crippen LogP contribution in [0, 0.1) is 0 Å². The van der Waals surface area contributed by atoms with Gasteiger partial charge in [-0.3, -0.25) is 0 Å². The zero-order chi connectivity index (χ0) is 25.4. The van der Waals surface area contributed by atoms with Crippen molar-refractivity contribution in [1.29, 1.82) is 0 Å². The van der Waals surface area contributed by atoms with E-state index in [1.165, 1.54) is 29.5 Å². The normalized spacial score (nSPS) is 18.0. The highest BCUT2D eigenvalue weighted by Crippen LogP contribution is 2.46. The van der Waals surface area contributed by atoms with Crippen LogP contribution in [0.15, 0.2) is 53.0 Å². The number of hydrogen-bond donors (Lipinski definition) is 0. The molecule has 0 fully saturated rings. The summed E-state index contributed by atoms with van der Waals surface area (Å²) in [5.74, 6) is 0. The van der Waals surface area contributed by atoms with Gasteiger partial charge in [0.15, 0.2) is 8.32 Å². The summed E-state index contributed by atoms with van der Waals surface area (Å²) in [6.07, 6.45) is 7.00. The Balaban J connectivity index is 1.82. The van der Waals surface area contributed by atoms with Crippen LogP contribution < -0.4 is 0 Å². The molecule has 3 rings (SSSR count). The SMILES string of the molecule is CC1(C)CCC(C)(C)c2cc(CC/C=C(\CO[Si](C)(C)C(C)(C)C)c3cccc(Br)c3)ccc21. The highest BCUT2D eigenvalue weighted by molar-refractivity contribution is 9.10. The van der Waals surface area contributed by atoms with Gasteiger partial charge in [0, 0.05) is 4.47 Å². The van der Waals surface area contributed by atoms with Crippen molar-refractivity contribution in [2.24, 2.45) is 0 Å². The molecule has 0 aromatic heterocycles. The smallest absolute Gasteiger partial charge is 0.192 e. The van der Waals surface area contributed by atoms with Crippen LogP contribution in [-0.4, -0.2) is 14.9 Å². The Bertz CT molecular complexity index is 1040. The van der Waals surface area contributed by atoms with Gasteiger partial charge >= 0.3 is 0 Å². The van der Waals surface area contributed by atoms with Crippen molar-refractivity contribution in [1.82, 2.24) is 0 Å². The molecule has 1 aliphatic carbocycles. The Morgan fingerprint density at radius 3 is 2.24 bits per heavy atom. The standard InChI is InChI=1S/C31H45BrOSi/c1-29(2,3)34(8,9)33-22-25(24-13-11-15-26(32)21-24)14-10-12-23-16-17-27-28(20-23)31(6,7)19-18-30(27,4)5/h11,13-17,20-21H,10,12,18-19,22H2,1-9H3/b25-14+. The van der Waals surface area contributed by atoms with Crippen molar-refractivity contribution in [2.75, 3.05) is 6.61 Å². The van der Waals surface area contributed by atoms with E-state index >= 15 is 0 Å². The molecule has 0 saturated heterocycles. The molecule has 186 valence electrons. The monoisotopic (exact) mass is 540 g/mol. The minimum absolute atomic E-state index is 0.207. The number of halogens is 1. The summed E-state index contributed by atoms with van der Waals surface area (Å²) in [6, 6.07) is 15.9. The summed E-state index contributed by atoms with van der Waals surface area (Å²) in [7, 11) is -1.82. The number of aryl methyl sites for hydroxylation is 1. The second kappa shape index (κ2) is 10.1. The first-order valence-electron chi connectivity index (χ1n) is 12.9. The third-order valence-electron chi connectivity index (χ3n) is 8.33. The molecule has 0 radical (unpaired) electrons. The minimum atomic E-state index is -1.82. The van der Waals surface area contributed by atoms with Crippen LogP contribution in [0.3, 0.4) is 0 Å². The van der Waals surface area contributed by atoms with Crippen molar-refractivity contribution in [3.8, 4) is 0 Å². The maximum absolute atomic E-state index is 6.63. The second-order valence-corrected chi connectivity index (χ2v) is 18.7. The molecule has 0 heterocycles. The fraction of sp³-hybridized carbons (Fsp3) is 0.548. The van der Waals surface area contributed by atoms with Gasteiger partial charge in [0.2, 0.25) is 0 Å². The van der Waals surface area contributed by atoms with Gasteiger partial charge in [0.05, 0.1) is 6.61 Å². The zero-order valence-corrected chi connectivity index (χ0v) is 25.5. The van der Waals surface area contributed by atoms with Gasteiger partial charge in [-0.25, -0.2) is 0 Å². The van der Waals surface area contributed by atoms with Gasteiger partial charge < -0.3 is 4.43 Å².